The molecule has 0 radical (unpaired) electrons. The van der Waals surface area contributed by atoms with E-state index in [1.165, 1.54) is 6.07 Å². The number of nitrogens with zero attached hydrogens (tertiary/aromatic N) is 2. The number of hydrogen-bond donors (Lipinski definition) is 1. The van der Waals surface area contributed by atoms with Crippen LogP contribution in [0.25, 0.3) is 0 Å². The Balaban J connectivity index is 2.10. The Hall–Kier alpha value is -1.60. The number of nitrogens with two attached hydrogens (primary N) is 1. The highest BCUT2D eigenvalue weighted by molar-refractivity contribution is 8.00. The molecule has 1 heterocycles. The SMILES string of the molecule is Cc1csc(SCc2ccc(N)c([N+](=O)[O-])c2)n1. The molecule has 0 aliphatic rings. The largest absolute Gasteiger partial charge is 0.393 e. The normalized spacial score (nSPS) is 10.5. The highest BCUT2D eigenvalue weighted by Crippen LogP contribution is 2.29. The van der Waals surface area contributed by atoms with Crippen molar-refractivity contribution in [2.45, 2.75) is 17.0 Å². The van der Waals surface area contributed by atoms with Gasteiger partial charge in [-0.15, -0.1) is 11.3 Å². The van der Waals surface area contributed by atoms with E-state index in [0.717, 1.165) is 15.6 Å². The third-order valence-corrected chi connectivity index (χ3v) is 4.46. The Morgan fingerprint density at radius 1 is 1.56 bits per heavy atom. The van der Waals surface area contributed by atoms with E-state index in [-0.39, 0.29) is 11.4 Å². The predicted molar refractivity (Wildman–Crippen MR) is 73.9 cm³/mol. The van der Waals surface area contributed by atoms with Gasteiger partial charge in [0.1, 0.15) is 10.0 Å². The Morgan fingerprint density at radius 3 is 2.94 bits per heavy atom. The first kappa shape index (κ1) is 12.8. The summed E-state index contributed by atoms with van der Waals surface area (Å²) in [4.78, 5) is 14.6. The molecule has 0 aliphatic carbocycles. The number of nitro benzene ring substituents is 1. The van der Waals surface area contributed by atoms with E-state index in [2.05, 4.69) is 4.98 Å². The number of aryl methyl sites for hydroxylation is 1. The minimum Gasteiger partial charge on any atom is -0.393 e. The van der Waals surface area contributed by atoms with E-state index in [1.54, 1.807) is 35.2 Å². The molecule has 1 aromatic heterocycles. The third kappa shape index (κ3) is 2.99. The Labute approximate surface area is 112 Å². The van der Waals surface area contributed by atoms with Crippen LogP contribution in [-0.2, 0) is 5.75 Å². The van der Waals surface area contributed by atoms with Gasteiger partial charge < -0.3 is 5.73 Å². The Morgan fingerprint density at radius 2 is 2.33 bits per heavy atom. The van der Waals surface area contributed by atoms with Gasteiger partial charge in [0, 0.05) is 22.9 Å². The lowest BCUT2D eigenvalue weighted by atomic mass is 10.2. The average Bonchev–Trinajstić information content (AvgIpc) is 2.74. The van der Waals surface area contributed by atoms with Crippen molar-refractivity contribution in [1.82, 2.24) is 4.98 Å². The fraction of sp³-hybridized carbons (Fsp3) is 0.182. The lowest BCUT2D eigenvalue weighted by Gasteiger charge is -2.01. The van der Waals surface area contributed by atoms with Crippen LogP contribution in [0.15, 0.2) is 27.9 Å². The number of thiazole rings is 1. The van der Waals surface area contributed by atoms with Gasteiger partial charge >= 0.3 is 0 Å². The molecule has 0 bridgehead atoms. The quantitative estimate of drug-likeness (QED) is 0.402. The van der Waals surface area contributed by atoms with Crippen molar-refractivity contribution in [1.29, 1.82) is 0 Å². The summed E-state index contributed by atoms with van der Waals surface area (Å²) < 4.78 is 0.965. The van der Waals surface area contributed by atoms with Crippen LogP contribution < -0.4 is 5.73 Å². The van der Waals surface area contributed by atoms with Crippen molar-refractivity contribution in [3.63, 3.8) is 0 Å². The second-order valence-electron chi connectivity index (χ2n) is 3.69. The van der Waals surface area contributed by atoms with Crippen LogP contribution in [0.5, 0.6) is 0 Å². The molecule has 1 aromatic carbocycles. The van der Waals surface area contributed by atoms with E-state index >= 15 is 0 Å². The van der Waals surface area contributed by atoms with Crippen LogP contribution >= 0.6 is 23.1 Å². The molecule has 0 spiro atoms. The monoisotopic (exact) mass is 281 g/mol. The summed E-state index contributed by atoms with van der Waals surface area (Å²) in [6.07, 6.45) is 0. The van der Waals surface area contributed by atoms with Gasteiger partial charge in [-0.3, -0.25) is 10.1 Å². The van der Waals surface area contributed by atoms with E-state index in [1.807, 2.05) is 12.3 Å². The molecular weight excluding hydrogens is 270 g/mol. The first-order chi connectivity index (χ1) is 8.56. The van der Waals surface area contributed by atoms with E-state index < -0.39 is 4.92 Å². The van der Waals surface area contributed by atoms with Crippen molar-refractivity contribution in [3.8, 4) is 0 Å². The summed E-state index contributed by atoms with van der Waals surface area (Å²) in [6.45, 7) is 1.94. The second-order valence-corrected chi connectivity index (χ2v) is 5.77. The summed E-state index contributed by atoms with van der Waals surface area (Å²) >= 11 is 3.14. The van der Waals surface area contributed by atoms with Crippen molar-refractivity contribution in [2.75, 3.05) is 5.73 Å². The zero-order valence-electron chi connectivity index (χ0n) is 9.62. The highest BCUT2D eigenvalue weighted by atomic mass is 32.2. The summed E-state index contributed by atoms with van der Waals surface area (Å²) in [6, 6.07) is 4.89. The van der Waals surface area contributed by atoms with E-state index in [9.17, 15) is 10.1 Å². The van der Waals surface area contributed by atoms with Crippen LogP contribution in [0.3, 0.4) is 0 Å². The molecule has 7 heteroatoms. The molecule has 18 heavy (non-hydrogen) atoms. The molecule has 2 aromatic rings. The molecule has 0 atom stereocenters. The van der Waals surface area contributed by atoms with Crippen molar-refractivity contribution >= 4 is 34.5 Å². The molecular formula is C11H11N3O2S2. The maximum atomic E-state index is 10.8. The van der Waals surface area contributed by atoms with Crippen LogP contribution in [0.2, 0.25) is 0 Å². The Kier molecular flexibility index (Phi) is 3.83. The Bertz CT molecular complexity index is 583. The highest BCUT2D eigenvalue weighted by Gasteiger charge is 2.12. The topological polar surface area (TPSA) is 82.0 Å². The van der Waals surface area contributed by atoms with Gasteiger partial charge in [-0.25, -0.2) is 4.98 Å². The fourth-order valence-electron chi connectivity index (χ4n) is 1.38. The first-order valence-electron chi connectivity index (χ1n) is 5.14. The van der Waals surface area contributed by atoms with Crippen LogP contribution in [-0.4, -0.2) is 9.91 Å². The molecule has 2 rings (SSSR count). The van der Waals surface area contributed by atoms with Crippen molar-refractivity contribution in [3.05, 3.63) is 45.0 Å². The minimum atomic E-state index is -0.461. The number of nitrogen functional groups attached to an aromatic ring is 1. The lowest BCUT2D eigenvalue weighted by molar-refractivity contribution is -0.383. The minimum absolute atomic E-state index is 0.0385. The zero-order chi connectivity index (χ0) is 13.1. The molecule has 0 fully saturated rings. The van der Waals surface area contributed by atoms with E-state index in [0.29, 0.717) is 5.75 Å². The third-order valence-electron chi connectivity index (χ3n) is 2.25. The summed E-state index contributed by atoms with van der Waals surface area (Å²) in [5.41, 5.74) is 7.56. The predicted octanol–water partition coefficient (Wildman–Crippen LogP) is 3.23. The summed E-state index contributed by atoms with van der Waals surface area (Å²) in [5, 5.41) is 12.7. The van der Waals surface area contributed by atoms with Gasteiger partial charge in [0.15, 0.2) is 0 Å². The standard InChI is InChI=1S/C11H11N3O2S2/c1-7-5-17-11(13-7)18-6-8-2-3-9(12)10(4-8)14(15)16/h2-5H,6,12H2,1H3. The lowest BCUT2D eigenvalue weighted by Crippen LogP contribution is -1.96. The van der Waals surface area contributed by atoms with Gasteiger partial charge in [-0.2, -0.15) is 0 Å². The average molecular weight is 281 g/mol. The fourth-order valence-corrected chi connectivity index (χ4v) is 3.17. The molecule has 2 N–H and O–H groups in total. The first-order valence-corrected chi connectivity index (χ1v) is 7.00. The molecule has 0 aliphatic heterocycles. The maximum absolute atomic E-state index is 10.8. The molecule has 94 valence electrons. The smallest absolute Gasteiger partial charge is 0.292 e. The second kappa shape index (κ2) is 5.36. The van der Waals surface area contributed by atoms with Crippen LogP contribution in [0.4, 0.5) is 11.4 Å². The number of nitro groups is 1. The molecule has 5 nitrogen and oxygen atoms in total. The number of rotatable bonds is 4. The maximum Gasteiger partial charge on any atom is 0.292 e. The van der Waals surface area contributed by atoms with E-state index in [4.69, 9.17) is 5.73 Å². The molecule has 0 unspecified atom stereocenters. The van der Waals surface area contributed by atoms with Crippen LogP contribution in [0, 0.1) is 17.0 Å². The number of aromatic nitrogens is 1. The number of anilines is 1. The van der Waals surface area contributed by atoms with Gasteiger partial charge in [-0.05, 0) is 18.6 Å². The van der Waals surface area contributed by atoms with Crippen molar-refractivity contribution in [2.24, 2.45) is 0 Å². The van der Waals surface area contributed by atoms with Crippen molar-refractivity contribution < 1.29 is 4.92 Å². The molecule has 0 amide bonds. The number of hydrogen-bond acceptors (Lipinski definition) is 6. The van der Waals surface area contributed by atoms with Gasteiger partial charge in [0.25, 0.3) is 5.69 Å². The molecule has 0 saturated carbocycles. The number of benzene rings is 1. The van der Waals surface area contributed by atoms with Gasteiger partial charge in [0.05, 0.1) is 4.92 Å². The van der Waals surface area contributed by atoms with Gasteiger partial charge in [0.2, 0.25) is 0 Å². The van der Waals surface area contributed by atoms with Crippen LogP contribution in [0.1, 0.15) is 11.3 Å². The number of thioether (sulfide) groups is 1. The zero-order valence-corrected chi connectivity index (χ0v) is 11.3. The summed E-state index contributed by atoms with van der Waals surface area (Å²) in [7, 11) is 0. The molecule has 0 saturated heterocycles. The van der Waals surface area contributed by atoms with Gasteiger partial charge in [-0.1, -0.05) is 17.8 Å². The summed E-state index contributed by atoms with van der Waals surface area (Å²) in [5.74, 6) is 0.647.